The Kier molecular flexibility index (Phi) is 6.04. The number of piperidine rings is 1. The number of aromatic nitrogens is 3. The van der Waals surface area contributed by atoms with Crippen molar-refractivity contribution >= 4 is 51.6 Å². The molecule has 2 aliphatic rings. The number of hydrogen-bond acceptors (Lipinski definition) is 8. The molecule has 1 aromatic carbocycles. The van der Waals surface area contributed by atoms with Gasteiger partial charge in [-0.15, -0.1) is 0 Å². The Bertz CT molecular complexity index is 1360. The van der Waals surface area contributed by atoms with Crippen LogP contribution in [0.15, 0.2) is 29.2 Å². The average molecular weight is 497 g/mol. The predicted octanol–water partition coefficient (Wildman–Crippen LogP) is 4.18. The van der Waals surface area contributed by atoms with Gasteiger partial charge in [0.25, 0.3) is 5.56 Å². The highest BCUT2D eigenvalue weighted by Crippen LogP contribution is 2.33. The highest BCUT2D eigenvalue weighted by molar-refractivity contribution is 6.33. The number of aryl methyl sites for hydroxylation is 1. The average Bonchev–Trinajstić information content (AvgIpc) is 2.96. The minimum Gasteiger partial charge on any atom is -0.460 e. The summed E-state index contributed by atoms with van der Waals surface area (Å²) in [7, 11) is 1.65. The summed E-state index contributed by atoms with van der Waals surface area (Å²) in [6.07, 6.45) is 2.81. The number of carbonyl (C=O) groups is 1. The van der Waals surface area contributed by atoms with Crippen LogP contribution in [0.3, 0.4) is 0 Å². The van der Waals surface area contributed by atoms with Crippen LogP contribution in [0.5, 0.6) is 0 Å². The molecule has 1 saturated heterocycles. The molecule has 9 nitrogen and oxygen atoms in total. The Balaban J connectivity index is 1.55. The summed E-state index contributed by atoms with van der Waals surface area (Å²) in [5.41, 5.74) is 1.51. The van der Waals surface area contributed by atoms with Gasteiger partial charge in [-0.25, -0.2) is 9.78 Å². The molecule has 0 spiro atoms. The van der Waals surface area contributed by atoms with Crippen molar-refractivity contribution in [3.05, 3.63) is 45.3 Å². The van der Waals surface area contributed by atoms with Crippen LogP contribution in [0.1, 0.15) is 37.6 Å². The zero-order valence-electron chi connectivity index (χ0n) is 20.3. The molecule has 2 aromatic heterocycles. The summed E-state index contributed by atoms with van der Waals surface area (Å²) >= 11 is 6.46. The first-order valence-electron chi connectivity index (χ1n) is 11.9. The fraction of sp³-hybridized carbons (Fsp3) is 0.440. The normalized spacial score (nSPS) is 22.3. The third-order valence-electron chi connectivity index (χ3n) is 6.60. The summed E-state index contributed by atoms with van der Waals surface area (Å²) in [4.78, 5) is 36.9. The molecule has 2 N–H and O–H groups in total. The van der Waals surface area contributed by atoms with Crippen LogP contribution in [0, 0.1) is 11.8 Å². The molecule has 5 rings (SSSR count). The topological polar surface area (TPSA) is 101 Å². The van der Waals surface area contributed by atoms with Gasteiger partial charge in [-0.2, -0.15) is 4.98 Å². The summed E-state index contributed by atoms with van der Waals surface area (Å²) < 4.78 is 6.75. The van der Waals surface area contributed by atoms with Crippen molar-refractivity contribution in [1.29, 1.82) is 0 Å². The quantitative estimate of drug-likeness (QED) is 0.521. The third kappa shape index (κ3) is 4.40. The van der Waals surface area contributed by atoms with Gasteiger partial charge in [0, 0.05) is 31.2 Å². The third-order valence-corrected chi connectivity index (χ3v) is 6.88. The van der Waals surface area contributed by atoms with Gasteiger partial charge in [0.15, 0.2) is 5.82 Å². The number of hydrogen-bond donors (Lipinski definition) is 2. The predicted molar refractivity (Wildman–Crippen MR) is 138 cm³/mol. The second-order valence-electron chi connectivity index (χ2n) is 9.83. The number of halogens is 1. The van der Waals surface area contributed by atoms with Gasteiger partial charge >= 0.3 is 5.97 Å². The maximum Gasteiger partial charge on any atom is 0.346 e. The number of rotatable bonds is 3. The van der Waals surface area contributed by atoms with E-state index in [2.05, 4.69) is 34.4 Å². The van der Waals surface area contributed by atoms with Crippen molar-refractivity contribution in [2.45, 2.75) is 33.2 Å². The summed E-state index contributed by atoms with van der Waals surface area (Å²) in [5.74, 6) is 1.66. The van der Waals surface area contributed by atoms with Gasteiger partial charge in [-0.1, -0.05) is 25.4 Å². The van der Waals surface area contributed by atoms with Crippen LogP contribution < -0.4 is 21.1 Å². The Hall–Kier alpha value is -3.33. The molecule has 3 aromatic rings. The first kappa shape index (κ1) is 23.4. The zero-order valence-corrected chi connectivity index (χ0v) is 21.0. The van der Waals surface area contributed by atoms with Crippen molar-refractivity contribution in [1.82, 2.24) is 14.5 Å². The number of anilines is 4. The Morgan fingerprint density at radius 3 is 2.66 bits per heavy atom. The van der Waals surface area contributed by atoms with Gasteiger partial charge in [-0.3, -0.25) is 4.79 Å². The molecule has 0 unspecified atom stereocenters. The molecule has 10 heteroatoms. The molecule has 4 heterocycles. The van der Waals surface area contributed by atoms with E-state index in [1.54, 1.807) is 13.2 Å². The lowest BCUT2D eigenvalue weighted by Crippen LogP contribution is -2.39. The maximum absolute atomic E-state index is 12.9. The van der Waals surface area contributed by atoms with Gasteiger partial charge < -0.3 is 24.8 Å². The van der Waals surface area contributed by atoms with Crippen LogP contribution >= 0.6 is 11.6 Å². The molecule has 2 aliphatic heterocycles. The fourth-order valence-electron chi connectivity index (χ4n) is 5.09. The number of benzene rings is 1. The molecule has 0 radical (unpaired) electrons. The van der Waals surface area contributed by atoms with Crippen LogP contribution in [-0.4, -0.2) is 46.2 Å². The summed E-state index contributed by atoms with van der Waals surface area (Å²) in [6, 6.07) is 5.44. The Labute approximate surface area is 208 Å². The lowest BCUT2D eigenvalue weighted by Gasteiger charge is -2.35. The first-order valence-corrected chi connectivity index (χ1v) is 12.2. The number of carbonyl (C=O) groups excluding carboxylic acids is 1. The van der Waals surface area contributed by atoms with Crippen LogP contribution in [0.2, 0.25) is 5.02 Å². The first-order chi connectivity index (χ1) is 16.7. The number of ether oxygens (including phenoxy) is 1. The Morgan fingerprint density at radius 2 is 1.91 bits per heavy atom. The van der Waals surface area contributed by atoms with Gasteiger partial charge in [0.1, 0.15) is 17.2 Å². The molecule has 0 amide bonds. The lowest BCUT2D eigenvalue weighted by molar-refractivity contribution is 0.0503. The molecule has 0 saturated carbocycles. The van der Waals surface area contributed by atoms with E-state index in [1.807, 2.05) is 25.1 Å². The highest BCUT2D eigenvalue weighted by Gasteiger charge is 2.28. The summed E-state index contributed by atoms with van der Waals surface area (Å²) in [6.45, 7) is 8.38. The second kappa shape index (κ2) is 9.03. The van der Waals surface area contributed by atoms with Crippen molar-refractivity contribution in [2.75, 3.05) is 35.2 Å². The van der Waals surface area contributed by atoms with Crippen molar-refractivity contribution < 1.29 is 9.53 Å². The van der Waals surface area contributed by atoms with Gasteiger partial charge in [0.05, 0.1) is 23.4 Å². The molecular formula is C25H29ClN6O3. The number of nitrogens with one attached hydrogen (secondary N) is 2. The van der Waals surface area contributed by atoms with Gasteiger partial charge in [0.2, 0.25) is 5.95 Å². The van der Waals surface area contributed by atoms with Gasteiger partial charge in [-0.05, 0) is 43.4 Å². The second-order valence-corrected chi connectivity index (χ2v) is 10.2. The zero-order chi connectivity index (χ0) is 24.9. The van der Waals surface area contributed by atoms with E-state index < -0.39 is 11.5 Å². The number of fused-ring (bicyclic) bond motifs is 3. The highest BCUT2D eigenvalue weighted by atomic mass is 35.5. The van der Waals surface area contributed by atoms with E-state index in [0.29, 0.717) is 39.8 Å². The van der Waals surface area contributed by atoms with Crippen LogP contribution in [0.4, 0.5) is 23.1 Å². The minimum absolute atomic E-state index is 0.0113. The lowest BCUT2D eigenvalue weighted by atomic mass is 9.92. The van der Waals surface area contributed by atoms with Crippen LogP contribution in [0.25, 0.3) is 10.9 Å². The van der Waals surface area contributed by atoms with E-state index in [0.717, 1.165) is 24.2 Å². The maximum atomic E-state index is 12.9. The van der Waals surface area contributed by atoms with E-state index in [9.17, 15) is 9.59 Å². The number of cyclic esters (lactones) is 1. The molecule has 3 atom stereocenters. The van der Waals surface area contributed by atoms with E-state index in [-0.39, 0.29) is 18.2 Å². The minimum atomic E-state index is -0.619. The SMILES string of the molecule is C[C@@H]1C[C@H](C)CN(c2ncc(Cl)c(Nc3ccc4c(c3)c3c(c(=O)n4C)C(=O)OC[C@H](C)N3)n2)C1. The number of esters is 1. The van der Waals surface area contributed by atoms with Crippen molar-refractivity contribution in [2.24, 2.45) is 18.9 Å². The summed E-state index contributed by atoms with van der Waals surface area (Å²) in [5, 5.41) is 7.71. The van der Waals surface area contributed by atoms with Crippen molar-refractivity contribution in [3.63, 3.8) is 0 Å². The monoisotopic (exact) mass is 496 g/mol. The number of pyridine rings is 1. The fourth-order valence-corrected chi connectivity index (χ4v) is 5.22. The molecular weight excluding hydrogens is 468 g/mol. The molecule has 35 heavy (non-hydrogen) atoms. The largest absolute Gasteiger partial charge is 0.460 e. The van der Waals surface area contributed by atoms with E-state index in [4.69, 9.17) is 21.3 Å². The molecule has 0 bridgehead atoms. The standard InChI is InChI=1S/C25H29ClN6O3/c1-13-7-14(2)11-32(10-13)25-27-9-18(26)22(30-25)29-16-5-6-19-17(8-16)21-20(23(33)31(19)4)24(34)35-12-15(3)28-21/h5-6,8-9,13-15,28H,7,10-12H2,1-4H3,(H,27,29,30)/t13-,14+,15-/m0/s1. The van der Waals surface area contributed by atoms with Crippen LogP contribution in [-0.2, 0) is 11.8 Å². The van der Waals surface area contributed by atoms with Crippen molar-refractivity contribution in [3.8, 4) is 0 Å². The smallest absolute Gasteiger partial charge is 0.346 e. The van der Waals surface area contributed by atoms with E-state index >= 15 is 0 Å². The molecule has 184 valence electrons. The Morgan fingerprint density at radius 1 is 1.17 bits per heavy atom. The molecule has 0 aliphatic carbocycles. The van der Waals surface area contributed by atoms with E-state index in [1.165, 1.54) is 11.0 Å². The molecule has 1 fully saturated rings. The number of nitrogens with zero attached hydrogens (tertiary/aromatic N) is 4.